The van der Waals surface area contributed by atoms with Crippen molar-refractivity contribution in [1.29, 1.82) is 0 Å². The number of aromatic nitrogens is 1. The molecular weight excluding hydrogens is 323 g/mol. The summed E-state index contributed by atoms with van der Waals surface area (Å²) in [6.45, 7) is -0.155. The first kappa shape index (κ1) is 16.4. The number of benzene rings is 2. The molecule has 25 heavy (non-hydrogen) atoms. The maximum absolute atomic E-state index is 12.8. The zero-order chi connectivity index (χ0) is 17.5. The molecule has 0 aliphatic carbocycles. The van der Waals surface area contributed by atoms with E-state index >= 15 is 0 Å². The molecule has 126 valence electrons. The number of carbonyl (C=O) groups excluding carboxylic acids is 1. The van der Waals surface area contributed by atoms with Gasteiger partial charge in [-0.2, -0.15) is 0 Å². The third-order valence-corrected chi connectivity index (χ3v) is 3.18. The average molecular weight is 338 g/mol. The Balaban J connectivity index is 1.49. The van der Waals surface area contributed by atoms with Gasteiger partial charge in [-0.3, -0.25) is 4.79 Å². The second-order valence-corrected chi connectivity index (χ2v) is 5.09. The molecule has 0 fully saturated rings. The number of amides is 1. The molecule has 0 saturated carbocycles. The van der Waals surface area contributed by atoms with Crippen LogP contribution >= 0.6 is 0 Å². The second kappa shape index (κ2) is 7.92. The summed E-state index contributed by atoms with van der Waals surface area (Å²) in [7, 11) is 0. The zero-order valence-corrected chi connectivity index (χ0v) is 13.2. The third kappa shape index (κ3) is 5.04. The smallest absolute Gasteiger partial charge is 0.262 e. The lowest BCUT2D eigenvalue weighted by atomic mass is 10.3. The van der Waals surface area contributed by atoms with Gasteiger partial charge in [-0.25, -0.2) is 9.37 Å². The molecule has 0 radical (unpaired) electrons. The number of ether oxygens (including phenoxy) is 2. The average Bonchev–Trinajstić information content (AvgIpc) is 2.64. The molecule has 0 unspecified atom stereocenters. The molecule has 0 bridgehead atoms. The Bertz CT molecular complexity index is 822. The van der Waals surface area contributed by atoms with Crippen LogP contribution in [0.1, 0.15) is 0 Å². The van der Waals surface area contributed by atoms with Crippen LogP contribution in [-0.2, 0) is 4.79 Å². The monoisotopic (exact) mass is 338 g/mol. The van der Waals surface area contributed by atoms with E-state index in [1.54, 1.807) is 42.6 Å². The van der Waals surface area contributed by atoms with Gasteiger partial charge in [0.1, 0.15) is 17.3 Å². The largest absolute Gasteiger partial charge is 0.484 e. The van der Waals surface area contributed by atoms with Crippen molar-refractivity contribution >= 4 is 11.6 Å². The molecule has 0 atom stereocenters. The van der Waals surface area contributed by atoms with Gasteiger partial charge in [-0.05, 0) is 54.6 Å². The molecule has 3 aromatic rings. The van der Waals surface area contributed by atoms with Gasteiger partial charge in [0.15, 0.2) is 6.61 Å². The summed E-state index contributed by atoms with van der Waals surface area (Å²) in [5.74, 6) is 0.946. The van der Waals surface area contributed by atoms with Gasteiger partial charge in [-0.15, -0.1) is 0 Å². The predicted octanol–water partition coefficient (Wildman–Crippen LogP) is 4.03. The Morgan fingerprint density at radius 1 is 0.960 bits per heavy atom. The van der Waals surface area contributed by atoms with Crippen molar-refractivity contribution in [3.05, 3.63) is 78.7 Å². The lowest BCUT2D eigenvalue weighted by Crippen LogP contribution is -2.20. The van der Waals surface area contributed by atoms with E-state index in [4.69, 9.17) is 9.47 Å². The molecule has 1 amide bonds. The number of anilines is 1. The number of hydrogen-bond acceptors (Lipinski definition) is 4. The van der Waals surface area contributed by atoms with Gasteiger partial charge >= 0.3 is 0 Å². The fourth-order valence-electron chi connectivity index (χ4n) is 2.01. The van der Waals surface area contributed by atoms with Crippen molar-refractivity contribution in [3.8, 4) is 17.4 Å². The number of carbonyl (C=O) groups is 1. The van der Waals surface area contributed by atoms with E-state index in [9.17, 15) is 9.18 Å². The van der Waals surface area contributed by atoms with Crippen LogP contribution in [-0.4, -0.2) is 17.5 Å². The number of pyridine rings is 1. The third-order valence-electron chi connectivity index (χ3n) is 3.18. The minimum absolute atomic E-state index is 0.155. The molecule has 6 heteroatoms. The first-order valence-electron chi connectivity index (χ1n) is 7.56. The number of nitrogens with one attached hydrogen (secondary N) is 1. The van der Waals surface area contributed by atoms with Crippen molar-refractivity contribution in [3.63, 3.8) is 0 Å². The van der Waals surface area contributed by atoms with E-state index in [0.29, 0.717) is 23.1 Å². The van der Waals surface area contributed by atoms with E-state index in [1.807, 2.05) is 6.07 Å². The van der Waals surface area contributed by atoms with Crippen LogP contribution in [0.4, 0.5) is 10.1 Å². The number of hydrogen-bond donors (Lipinski definition) is 1. The molecule has 0 aliphatic rings. The van der Waals surface area contributed by atoms with Crippen LogP contribution < -0.4 is 14.8 Å². The van der Waals surface area contributed by atoms with E-state index < -0.39 is 0 Å². The summed E-state index contributed by atoms with van der Waals surface area (Å²) in [5, 5.41) is 2.62. The maximum atomic E-state index is 12.8. The van der Waals surface area contributed by atoms with Gasteiger partial charge in [0.05, 0.1) is 0 Å². The quantitative estimate of drug-likeness (QED) is 0.737. The van der Waals surface area contributed by atoms with Gasteiger partial charge in [-0.1, -0.05) is 6.07 Å². The molecule has 0 spiro atoms. The van der Waals surface area contributed by atoms with Crippen molar-refractivity contribution in [2.24, 2.45) is 0 Å². The van der Waals surface area contributed by atoms with Crippen LogP contribution in [0.15, 0.2) is 72.9 Å². The fraction of sp³-hybridized carbons (Fsp3) is 0.0526. The van der Waals surface area contributed by atoms with Crippen LogP contribution in [0.3, 0.4) is 0 Å². The summed E-state index contributed by atoms with van der Waals surface area (Å²) in [6.07, 6.45) is 1.65. The summed E-state index contributed by atoms with van der Waals surface area (Å²) in [5.41, 5.74) is 0.508. The first-order chi connectivity index (χ1) is 12.2. The van der Waals surface area contributed by atoms with Crippen molar-refractivity contribution in [1.82, 2.24) is 4.98 Å². The summed E-state index contributed by atoms with van der Waals surface area (Å²) in [4.78, 5) is 15.9. The summed E-state index contributed by atoms with van der Waals surface area (Å²) >= 11 is 0. The fourth-order valence-corrected chi connectivity index (χ4v) is 2.01. The van der Waals surface area contributed by atoms with E-state index in [0.717, 1.165) is 0 Å². The molecule has 5 nitrogen and oxygen atoms in total. The van der Waals surface area contributed by atoms with Gasteiger partial charge < -0.3 is 14.8 Å². The van der Waals surface area contributed by atoms with Crippen LogP contribution in [0.25, 0.3) is 0 Å². The Kier molecular flexibility index (Phi) is 5.21. The first-order valence-corrected chi connectivity index (χ1v) is 7.56. The van der Waals surface area contributed by atoms with Gasteiger partial charge in [0, 0.05) is 18.0 Å². The molecule has 1 aromatic heterocycles. The standard InChI is InChI=1S/C19H15FN2O3/c20-14-4-6-15(7-5-14)22-18(23)13-24-16-8-10-17(11-9-16)25-19-3-1-2-12-21-19/h1-12H,13H2,(H,22,23). The Labute approximate surface area is 144 Å². The highest BCUT2D eigenvalue weighted by Crippen LogP contribution is 2.22. The molecule has 1 N–H and O–H groups in total. The minimum atomic E-state index is -0.359. The van der Waals surface area contributed by atoms with Crippen LogP contribution in [0, 0.1) is 5.82 Å². The molecule has 0 aliphatic heterocycles. The Hall–Kier alpha value is -3.41. The topological polar surface area (TPSA) is 60.5 Å². The van der Waals surface area contributed by atoms with Crippen molar-refractivity contribution in [2.75, 3.05) is 11.9 Å². The van der Waals surface area contributed by atoms with E-state index in [2.05, 4.69) is 10.3 Å². The van der Waals surface area contributed by atoms with Crippen molar-refractivity contribution < 1.29 is 18.7 Å². The van der Waals surface area contributed by atoms with Gasteiger partial charge in [0.2, 0.25) is 5.88 Å². The number of rotatable bonds is 6. The minimum Gasteiger partial charge on any atom is -0.484 e. The normalized spacial score (nSPS) is 10.1. The molecule has 3 rings (SSSR count). The summed E-state index contributed by atoms with van der Waals surface area (Å²) < 4.78 is 23.8. The maximum Gasteiger partial charge on any atom is 0.262 e. The molecule has 0 saturated heterocycles. The molecular formula is C19H15FN2O3. The lowest BCUT2D eigenvalue weighted by molar-refractivity contribution is -0.118. The number of nitrogens with zero attached hydrogens (tertiary/aromatic N) is 1. The van der Waals surface area contributed by atoms with E-state index in [1.165, 1.54) is 24.3 Å². The highest BCUT2D eigenvalue weighted by Gasteiger charge is 2.05. The predicted molar refractivity (Wildman–Crippen MR) is 91.3 cm³/mol. The Morgan fingerprint density at radius 3 is 2.36 bits per heavy atom. The summed E-state index contributed by atoms with van der Waals surface area (Å²) in [6, 6.07) is 17.8. The number of halogens is 1. The Morgan fingerprint density at radius 2 is 1.68 bits per heavy atom. The van der Waals surface area contributed by atoms with Crippen molar-refractivity contribution in [2.45, 2.75) is 0 Å². The zero-order valence-electron chi connectivity index (χ0n) is 13.2. The lowest BCUT2D eigenvalue weighted by Gasteiger charge is -2.08. The van der Waals surface area contributed by atoms with Crippen LogP contribution in [0.2, 0.25) is 0 Å². The molecule has 2 aromatic carbocycles. The highest BCUT2D eigenvalue weighted by atomic mass is 19.1. The van der Waals surface area contributed by atoms with E-state index in [-0.39, 0.29) is 18.3 Å². The highest BCUT2D eigenvalue weighted by molar-refractivity contribution is 5.91. The van der Waals surface area contributed by atoms with Crippen LogP contribution in [0.5, 0.6) is 17.4 Å². The SMILES string of the molecule is O=C(COc1ccc(Oc2ccccn2)cc1)Nc1ccc(F)cc1. The second-order valence-electron chi connectivity index (χ2n) is 5.09. The van der Waals surface area contributed by atoms with Gasteiger partial charge in [0.25, 0.3) is 5.91 Å². The molecule has 1 heterocycles.